The molecule has 0 saturated heterocycles. The molecule has 1 aromatic heterocycles. The second-order valence-electron chi connectivity index (χ2n) is 8.89. The number of rotatable bonds is 10. The van der Waals surface area contributed by atoms with Gasteiger partial charge in [-0.25, -0.2) is 13.8 Å². The molecule has 2 atom stereocenters. The van der Waals surface area contributed by atoms with Crippen molar-refractivity contribution in [3.05, 3.63) is 66.0 Å². The van der Waals surface area contributed by atoms with E-state index in [1.807, 2.05) is 4.57 Å². The Balaban J connectivity index is 1.71. The van der Waals surface area contributed by atoms with E-state index in [9.17, 15) is 23.8 Å². The van der Waals surface area contributed by atoms with Gasteiger partial charge in [0.25, 0.3) is 0 Å². The summed E-state index contributed by atoms with van der Waals surface area (Å²) in [5.41, 5.74) is 2.90. The van der Waals surface area contributed by atoms with E-state index in [0.29, 0.717) is 12.2 Å². The lowest BCUT2D eigenvalue weighted by molar-refractivity contribution is -0.139. The predicted octanol–water partition coefficient (Wildman–Crippen LogP) is 4.74. The molecule has 180 valence electrons. The maximum atomic E-state index is 13.7. The van der Waals surface area contributed by atoms with Crippen LogP contribution < -0.4 is 0 Å². The number of carboxylic acids is 1. The van der Waals surface area contributed by atoms with Gasteiger partial charge >= 0.3 is 5.97 Å². The molecule has 0 amide bonds. The van der Waals surface area contributed by atoms with Crippen molar-refractivity contribution in [2.24, 2.45) is 0 Å². The smallest absolute Gasteiger partial charge is 0.305 e. The number of carbonyl (C=O) groups is 1. The number of hydrogen-bond acceptors (Lipinski definition) is 4. The Hall–Kier alpha value is -3.10. The van der Waals surface area contributed by atoms with Crippen LogP contribution in [0.25, 0.3) is 22.5 Å². The van der Waals surface area contributed by atoms with Crippen LogP contribution in [0.15, 0.2) is 48.5 Å². The van der Waals surface area contributed by atoms with E-state index in [1.165, 1.54) is 24.3 Å². The fourth-order valence-electron chi connectivity index (χ4n) is 4.38. The molecule has 0 aliphatic heterocycles. The maximum Gasteiger partial charge on any atom is 0.305 e. The van der Waals surface area contributed by atoms with Crippen molar-refractivity contribution in [3.63, 3.8) is 0 Å². The van der Waals surface area contributed by atoms with E-state index in [-0.39, 0.29) is 30.4 Å². The Morgan fingerprint density at radius 1 is 0.971 bits per heavy atom. The van der Waals surface area contributed by atoms with Crippen molar-refractivity contribution in [1.29, 1.82) is 0 Å². The highest BCUT2D eigenvalue weighted by atomic mass is 19.1. The van der Waals surface area contributed by atoms with Crippen LogP contribution in [-0.2, 0) is 11.3 Å². The Kier molecular flexibility index (Phi) is 7.38. The van der Waals surface area contributed by atoms with Gasteiger partial charge in [-0.05, 0) is 74.2 Å². The number of aromatic nitrogens is 2. The molecule has 3 aromatic rings. The zero-order valence-corrected chi connectivity index (χ0v) is 18.7. The molecule has 1 saturated carbocycles. The Bertz CT molecular complexity index is 1120. The molecule has 2 aromatic carbocycles. The number of halogens is 2. The number of nitrogens with zero attached hydrogens (tertiary/aromatic N) is 2. The van der Waals surface area contributed by atoms with Gasteiger partial charge in [0.2, 0.25) is 0 Å². The summed E-state index contributed by atoms with van der Waals surface area (Å²) in [5, 5.41) is 29.2. The minimum atomic E-state index is -1.13. The van der Waals surface area contributed by atoms with Gasteiger partial charge < -0.3 is 19.9 Å². The SMILES string of the molecule is O=C(O)CC(O)CC(O)CCn1c(C2CCC2)nc(-c2ccc(F)cc2)c1-c1ccc(F)cc1. The second-order valence-corrected chi connectivity index (χ2v) is 8.89. The maximum absolute atomic E-state index is 13.7. The number of carboxylic acid groups (broad SMARTS) is 1. The minimum absolute atomic E-state index is 0.0452. The zero-order valence-electron chi connectivity index (χ0n) is 18.7. The van der Waals surface area contributed by atoms with Crippen LogP contribution in [0.1, 0.15) is 50.3 Å². The van der Waals surface area contributed by atoms with E-state index in [4.69, 9.17) is 10.1 Å². The average molecular weight is 471 g/mol. The quantitative estimate of drug-likeness (QED) is 0.398. The van der Waals surface area contributed by atoms with E-state index in [2.05, 4.69) is 0 Å². The Morgan fingerprint density at radius 2 is 1.56 bits per heavy atom. The molecule has 4 rings (SSSR count). The predicted molar refractivity (Wildman–Crippen MR) is 123 cm³/mol. The van der Waals surface area contributed by atoms with Crippen LogP contribution in [0.4, 0.5) is 8.78 Å². The molecule has 0 bridgehead atoms. The minimum Gasteiger partial charge on any atom is -0.481 e. The first-order chi connectivity index (χ1) is 16.3. The third kappa shape index (κ3) is 5.51. The lowest BCUT2D eigenvalue weighted by Gasteiger charge is -2.26. The van der Waals surface area contributed by atoms with Gasteiger partial charge in [0.15, 0.2) is 0 Å². The number of benzene rings is 2. The second kappa shape index (κ2) is 10.4. The number of hydrogen-bond donors (Lipinski definition) is 3. The summed E-state index contributed by atoms with van der Waals surface area (Å²) < 4.78 is 29.3. The highest BCUT2D eigenvalue weighted by Crippen LogP contribution is 2.41. The first-order valence-corrected chi connectivity index (χ1v) is 11.5. The van der Waals surface area contributed by atoms with E-state index in [0.717, 1.165) is 41.9 Å². The first kappa shape index (κ1) is 24.0. The van der Waals surface area contributed by atoms with Gasteiger partial charge in [0, 0.05) is 23.6 Å². The average Bonchev–Trinajstić information content (AvgIpc) is 3.10. The zero-order chi connectivity index (χ0) is 24.2. The van der Waals surface area contributed by atoms with Gasteiger partial charge in [-0.15, -0.1) is 0 Å². The third-order valence-corrected chi connectivity index (χ3v) is 6.34. The van der Waals surface area contributed by atoms with Crippen LogP contribution in [0, 0.1) is 11.6 Å². The Morgan fingerprint density at radius 3 is 2.09 bits per heavy atom. The number of aliphatic carboxylic acids is 1. The van der Waals surface area contributed by atoms with Crippen LogP contribution in [0.5, 0.6) is 0 Å². The van der Waals surface area contributed by atoms with E-state index >= 15 is 0 Å². The summed E-state index contributed by atoms with van der Waals surface area (Å²) in [6.45, 7) is 0.383. The molecule has 8 heteroatoms. The third-order valence-electron chi connectivity index (χ3n) is 6.34. The molecule has 1 fully saturated rings. The van der Waals surface area contributed by atoms with Crippen molar-refractivity contribution < 1.29 is 28.9 Å². The van der Waals surface area contributed by atoms with Crippen LogP contribution in [-0.4, -0.2) is 43.0 Å². The summed E-state index contributed by atoms with van der Waals surface area (Å²) in [5.74, 6) is -0.718. The lowest BCUT2D eigenvalue weighted by atomic mass is 9.84. The molecule has 0 radical (unpaired) electrons. The van der Waals surface area contributed by atoms with Crippen LogP contribution >= 0.6 is 0 Å². The van der Waals surface area contributed by atoms with Crippen molar-refractivity contribution in [2.45, 2.75) is 63.2 Å². The Labute approximate surface area is 196 Å². The molecule has 6 nitrogen and oxygen atoms in total. The van der Waals surface area contributed by atoms with Gasteiger partial charge in [-0.3, -0.25) is 4.79 Å². The topological polar surface area (TPSA) is 95.6 Å². The summed E-state index contributed by atoms with van der Waals surface area (Å²) in [4.78, 5) is 15.8. The largest absolute Gasteiger partial charge is 0.481 e. The molecule has 2 unspecified atom stereocenters. The molecular weight excluding hydrogens is 442 g/mol. The number of aliphatic hydroxyl groups excluding tert-OH is 2. The molecule has 34 heavy (non-hydrogen) atoms. The van der Waals surface area contributed by atoms with Crippen LogP contribution in [0.2, 0.25) is 0 Å². The monoisotopic (exact) mass is 470 g/mol. The van der Waals surface area contributed by atoms with Crippen molar-refractivity contribution in [1.82, 2.24) is 9.55 Å². The lowest BCUT2D eigenvalue weighted by Crippen LogP contribution is -2.23. The van der Waals surface area contributed by atoms with E-state index < -0.39 is 24.6 Å². The van der Waals surface area contributed by atoms with Gasteiger partial charge in [0.1, 0.15) is 17.5 Å². The molecule has 3 N–H and O–H groups in total. The number of aliphatic hydroxyl groups is 2. The van der Waals surface area contributed by atoms with Crippen LogP contribution in [0.3, 0.4) is 0 Å². The van der Waals surface area contributed by atoms with Gasteiger partial charge in [-0.1, -0.05) is 6.42 Å². The standard InChI is InChI=1S/C26H28F2N2O4/c27-19-8-4-16(5-9-19)24-25(17-6-10-20(28)11-7-17)30(26(29-24)18-2-1-3-18)13-12-21(31)14-22(32)15-23(33)34/h4-11,18,21-22,31-32H,1-3,12-15H2,(H,33,34). The molecule has 1 heterocycles. The van der Waals surface area contributed by atoms with Crippen molar-refractivity contribution in [2.75, 3.05) is 0 Å². The summed E-state index contributed by atoms with van der Waals surface area (Å²) in [7, 11) is 0. The molecule has 1 aliphatic rings. The summed E-state index contributed by atoms with van der Waals surface area (Å²) in [6.07, 6.45) is 0.851. The normalized spacial score (nSPS) is 15.6. The van der Waals surface area contributed by atoms with Gasteiger partial charge in [0.05, 0.1) is 30.0 Å². The van der Waals surface area contributed by atoms with Crippen molar-refractivity contribution in [3.8, 4) is 22.5 Å². The molecule has 0 spiro atoms. The molecular formula is C26H28F2N2O4. The summed E-state index contributed by atoms with van der Waals surface area (Å²) in [6, 6.07) is 12.2. The first-order valence-electron chi connectivity index (χ1n) is 11.5. The highest BCUT2D eigenvalue weighted by Gasteiger charge is 2.29. The highest BCUT2D eigenvalue weighted by molar-refractivity contribution is 5.79. The van der Waals surface area contributed by atoms with Crippen molar-refractivity contribution >= 4 is 5.97 Å². The van der Waals surface area contributed by atoms with E-state index in [1.54, 1.807) is 24.3 Å². The molecule has 1 aliphatic carbocycles. The fraction of sp³-hybridized carbons (Fsp3) is 0.385. The number of imidazole rings is 1. The van der Waals surface area contributed by atoms with Gasteiger partial charge in [-0.2, -0.15) is 0 Å². The summed E-state index contributed by atoms with van der Waals surface area (Å²) >= 11 is 0. The fourth-order valence-corrected chi connectivity index (χ4v) is 4.38.